The van der Waals surface area contributed by atoms with Gasteiger partial charge >= 0.3 is 0 Å². The van der Waals surface area contributed by atoms with E-state index in [1.54, 1.807) is 18.2 Å². The van der Waals surface area contributed by atoms with Crippen molar-refractivity contribution in [3.8, 4) is 0 Å². The number of anilines is 2. The van der Waals surface area contributed by atoms with E-state index in [2.05, 4.69) is 25.0 Å². The lowest BCUT2D eigenvalue weighted by Gasteiger charge is -2.11. The van der Waals surface area contributed by atoms with Crippen LogP contribution in [0.2, 0.25) is 0 Å². The lowest BCUT2D eigenvalue weighted by molar-refractivity contribution is 0.597. The molecule has 0 amide bonds. The SMILES string of the molecule is CCCNc1cccnc1S(=O)(=O)Nc1ncccn1. The average molecular weight is 293 g/mol. The van der Waals surface area contributed by atoms with Crippen LogP contribution in [0.3, 0.4) is 0 Å². The van der Waals surface area contributed by atoms with Gasteiger partial charge in [-0.2, -0.15) is 8.42 Å². The summed E-state index contributed by atoms with van der Waals surface area (Å²) >= 11 is 0. The lowest BCUT2D eigenvalue weighted by atomic mass is 10.4. The normalized spacial score (nSPS) is 11.1. The van der Waals surface area contributed by atoms with Crippen molar-refractivity contribution < 1.29 is 8.42 Å². The van der Waals surface area contributed by atoms with Gasteiger partial charge in [0.1, 0.15) is 0 Å². The Kier molecular flexibility index (Phi) is 4.46. The highest BCUT2D eigenvalue weighted by Gasteiger charge is 2.21. The van der Waals surface area contributed by atoms with Gasteiger partial charge < -0.3 is 5.32 Å². The van der Waals surface area contributed by atoms with Gasteiger partial charge in [0.15, 0.2) is 5.03 Å². The first-order valence-corrected chi connectivity index (χ1v) is 7.60. The van der Waals surface area contributed by atoms with Crippen molar-refractivity contribution in [3.05, 3.63) is 36.8 Å². The second-order valence-electron chi connectivity index (χ2n) is 3.96. The quantitative estimate of drug-likeness (QED) is 0.837. The predicted octanol–water partition coefficient (Wildman–Crippen LogP) is 1.49. The number of rotatable bonds is 6. The minimum Gasteiger partial charge on any atom is -0.383 e. The number of hydrogen-bond acceptors (Lipinski definition) is 6. The van der Waals surface area contributed by atoms with E-state index in [1.807, 2.05) is 6.92 Å². The third-order valence-corrected chi connectivity index (χ3v) is 3.67. The van der Waals surface area contributed by atoms with Gasteiger partial charge in [0.05, 0.1) is 5.69 Å². The second kappa shape index (κ2) is 6.29. The van der Waals surface area contributed by atoms with Crippen molar-refractivity contribution in [1.82, 2.24) is 15.0 Å². The van der Waals surface area contributed by atoms with Crippen LogP contribution in [0.15, 0.2) is 41.8 Å². The first kappa shape index (κ1) is 14.2. The van der Waals surface area contributed by atoms with Gasteiger partial charge in [0.25, 0.3) is 10.0 Å². The van der Waals surface area contributed by atoms with E-state index in [-0.39, 0.29) is 11.0 Å². The number of pyridine rings is 1. The smallest absolute Gasteiger partial charge is 0.283 e. The van der Waals surface area contributed by atoms with E-state index in [1.165, 1.54) is 18.6 Å². The molecule has 20 heavy (non-hydrogen) atoms. The minimum absolute atomic E-state index is 0.0135. The zero-order valence-electron chi connectivity index (χ0n) is 10.9. The highest BCUT2D eigenvalue weighted by atomic mass is 32.2. The maximum absolute atomic E-state index is 12.3. The summed E-state index contributed by atoms with van der Waals surface area (Å²) in [5.74, 6) is 0.0135. The van der Waals surface area contributed by atoms with Crippen LogP contribution in [0, 0.1) is 0 Å². The molecule has 0 aliphatic carbocycles. The first-order valence-electron chi connectivity index (χ1n) is 6.12. The Morgan fingerprint density at radius 3 is 2.50 bits per heavy atom. The van der Waals surface area contributed by atoms with Gasteiger partial charge in [-0.1, -0.05) is 6.92 Å². The summed E-state index contributed by atoms with van der Waals surface area (Å²) in [7, 11) is -3.82. The monoisotopic (exact) mass is 293 g/mol. The molecule has 0 fully saturated rings. The van der Waals surface area contributed by atoms with Gasteiger partial charge in [-0.25, -0.2) is 19.7 Å². The number of sulfonamides is 1. The third kappa shape index (κ3) is 3.41. The molecule has 7 nitrogen and oxygen atoms in total. The third-order valence-electron chi connectivity index (χ3n) is 2.38. The largest absolute Gasteiger partial charge is 0.383 e. The zero-order valence-corrected chi connectivity index (χ0v) is 11.8. The van der Waals surface area contributed by atoms with Gasteiger partial charge in [0.2, 0.25) is 5.95 Å². The average Bonchev–Trinajstić information content (AvgIpc) is 2.46. The van der Waals surface area contributed by atoms with Crippen LogP contribution in [0.4, 0.5) is 11.6 Å². The van der Waals surface area contributed by atoms with E-state index < -0.39 is 10.0 Å². The fourth-order valence-corrected chi connectivity index (χ4v) is 2.59. The van der Waals surface area contributed by atoms with E-state index in [4.69, 9.17) is 0 Å². The van der Waals surface area contributed by atoms with Crippen molar-refractivity contribution in [1.29, 1.82) is 0 Å². The molecule has 0 saturated heterocycles. The summed E-state index contributed by atoms with van der Waals surface area (Å²) < 4.78 is 26.9. The Morgan fingerprint density at radius 1 is 1.10 bits per heavy atom. The molecule has 0 bridgehead atoms. The second-order valence-corrected chi connectivity index (χ2v) is 5.56. The van der Waals surface area contributed by atoms with Crippen molar-refractivity contribution in [2.75, 3.05) is 16.6 Å². The zero-order chi connectivity index (χ0) is 14.4. The summed E-state index contributed by atoms with van der Waals surface area (Å²) in [6, 6.07) is 4.95. The number of nitrogens with zero attached hydrogens (tertiary/aromatic N) is 3. The molecule has 0 aliphatic heterocycles. The minimum atomic E-state index is -3.82. The Hall–Kier alpha value is -2.22. The molecule has 0 saturated carbocycles. The van der Waals surface area contributed by atoms with Crippen molar-refractivity contribution in [2.45, 2.75) is 18.4 Å². The van der Waals surface area contributed by atoms with E-state index in [0.717, 1.165) is 6.42 Å². The van der Waals surface area contributed by atoms with Crippen LogP contribution in [0.25, 0.3) is 0 Å². The number of hydrogen-bond donors (Lipinski definition) is 2. The van der Waals surface area contributed by atoms with E-state index >= 15 is 0 Å². The molecular formula is C12H15N5O2S. The fourth-order valence-electron chi connectivity index (χ4n) is 1.52. The summed E-state index contributed by atoms with van der Waals surface area (Å²) in [6.07, 6.45) is 5.22. The van der Waals surface area contributed by atoms with Crippen molar-refractivity contribution in [3.63, 3.8) is 0 Å². The van der Waals surface area contributed by atoms with Crippen LogP contribution in [-0.4, -0.2) is 29.9 Å². The predicted molar refractivity (Wildman–Crippen MR) is 75.9 cm³/mol. The molecule has 0 radical (unpaired) electrons. The maximum Gasteiger partial charge on any atom is 0.283 e. The highest BCUT2D eigenvalue weighted by molar-refractivity contribution is 7.92. The van der Waals surface area contributed by atoms with Crippen LogP contribution >= 0.6 is 0 Å². The van der Waals surface area contributed by atoms with Crippen LogP contribution in [-0.2, 0) is 10.0 Å². The van der Waals surface area contributed by atoms with Gasteiger partial charge in [-0.3, -0.25) is 0 Å². The molecule has 2 rings (SSSR count). The Labute approximate surface area is 117 Å². The van der Waals surface area contributed by atoms with E-state index in [9.17, 15) is 8.42 Å². The van der Waals surface area contributed by atoms with E-state index in [0.29, 0.717) is 12.2 Å². The summed E-state index contributed by atoms with van der Waals surface area (Å²) in [4.78, 5) is 11.6. The summed E-state index contributed by atoms with van der Waals surface area (Å²) in [6.45, 7) is 2.66. The Morgan fingerprint density at radius 2 is 1.80 bits per heavy atom. The topological polar surface area (TPSA) is 96.9 Å². The number of aromatic nitrogens is 3. The molecule has 0 aromatic carbocycles. The molecule has 0 atom stereocenters. The molecule has 0 unspecified atom stereocenters. The molecule has 106 valence electrons. The fraction of sp³-hybridized carbons (Fsp3) is 0.250. The first-order chi connectivity index (χ1) is 9.63. The van der Waals surface area contributed by atoms with Gasteiger partial charge in [-0.15, -0.1) is 0 Å². The molecule has 0 aliphatic rings. The summed E-state index contributed by atoms with van der Waals surface area (Å²) in [5.41, 5.74) is 0.456. The Balaban J connectivity index is 2.30. The molecule has 2 aromatic heterocycles. The van der Waals surface area contributed by atoms with Gasteiger partial charge in [-0.05, 0) is 24.6 Å². The standard InChI is InChI=1S/C12H15N5O2S/c1-2-6-13-10-5-3-7-14-11(10)20(18,19)17-12-15-8-4-9-16-12/h3-5,7-9,13H,2,6H2,1H3,(H,15,16,17). The van der Waals surface area contributed by atoms with Crippen molar-refractivity contribution in [2.24, 2.45) is 0 Å². The van der Waals surface area contributed by atoms with Crippen molar-refractivity contribution >= 4 is 21.7 Å². The molecule has 8 heteroatoms. The van der Waals surface area contributed by atoms with Gasteiger partial charge in [0, 0.05) is 25.1 Å². The van der Waals surface area contributed by atoms with Crippen LogP contribution < -0.4 is 10.0 Å². The highest BCUT2D eigenvalue weighted by Crippen LogP contribution is 2.19. The molecule has 2 aromatic rings. The maximum atomic E-state index is 12.3. The number of nitrogens with one attached hydrogen (secondary N) is 2. The summed E-state index contributed by atoms with van der Waals surface area (Å²) in [5, 5.41) is 2.96. The molecular weight excluding hydrogens is 278 g/mol. The van der Waals surface area contributed by atoms with Crippen LogP contribution in [0.5, 0.6) is 0 Å². The Bertz CT molecular complexity index is 661. The molecule has 0 spiro atoms. The van der Waals surface area contributed by atoms with Crippen LogP contribution in [0.1, 0.15) is 13.3 Å². The molecule has 2 N–H and O–H groups in total. The lowest BCUT2D eigenvalue weighted by Crippen LogP contribution is -2.18. The molecule has 2 heterocycles.